The largest absolute Gasteiger partial charge is 0.383 e. The third-order valence-electron chi connectivity index (χ3n) is 2.41. The van der Waals surface area contributed by atoms with Gasteiger partial charge in [0.1, 0.15) is 11.3 Å². The number of benzene rings is 1. The predicted molar refractivity (Wildman–Crippen MR) is 69.7 cm³/mol. The van der Waals surface area contributed by atoms with Crippen molar-refractivity contribution in [2.45, 2.75) is 13.0 Å². The zero-order valence-electron chi connectivity index (χ0n) is 10.7. The predicted octanol–water partition coefficient (Wildman–Crippen LogP) is 0.645. The molecule has 1 atom stereocenters. The molecule has 0 fully saturated rings. The van der Waals surface area contributed by atoms with E-state index in [9.17, 15) is 14.9 Å². The van der Waals surface area contributed by atoms with Gasteiger partial charge in [-0.05, 0) is 19.1 Å². The lowest BCUT2D eigenvalue weighted by Gasteiger charge is -2.13. The van der Waals surface area contributed by atoms with E-state index in [2.05, 4.69) is 10.7 Å². The number of anilines is 1. The molecule has 0 radical (unpaired) electrons. The second-order valence-corrected chi connectivity index (χ2v) is 3.93. The third-order valence-corrected chi connectivity index (χ3v) is 2.41. The number of amides is 1. The van der Waals surface area contributed by atoms with Crippen LogP contribution in [-0.4, -0.2) is 30.6 Å². The SMILES string of the molecule is COCC(C)NC(=O)c1cccc(NN)c1[N+](=O)[O-]. The Hall–Kier alpha value is -2.19. The quantitative estimate of drug-likeness (QED) is 0.396. The maximum absolute atomic E-state index is 12.0. The average Bonchev–Trinajstić information content (AvgIpc) is 2.37. The van der Waals surface area contributed by atoms with Crippen molar-refractivity contribution in [1.29, 1.82) is 0 Å². The summed E-state index contributed by atoms with van der Waals surface area (Å²) in [4.78, 5) is 22.4. The Kier molecular flexibility index (Phi) is 5.22. The minimum absolute atomic E-state index is 0.0524. The zero-order chi connectivity index (χ0) is 14.4. The number of hydrazine groups is 1. The van der Waals surface area contributed by atoms with E-state index in [-0.39, 0.29) is 23.0 Å². The van der Waals surface area contributed by atoms with Crippen molar-refractivity contribution in [3.05, 3.63) is 33.9 Å². The summed E-state index contributed by atoms with van der Waals surface area (Å²) in [6, 6.07) is 4.05. The molecule has 0 aliphatic heterocycles. The highest BCUT2D eigenvalue weighted by atomic mass is 16.6. The van der Waals surface area contributed by atoms with E-state index in [4.69, 9.17) is 10.6 Å². The Labute approximate surface area is 110 Å². The monoisotopic (exact) mass is 268 g/mol. The summed E-state index contributed by atoms with van der Waals surface area (Å²) in [5.41, 5.74) is 1.88. The van der Waals surface area contributed by atoms with E-state index in [1.54, 1.807) is 6.92 Å². The standard InChI is InChI=1S/C11H16N4O4/c1-7(6-19-2)13-11(16)8-4-3-5-9(14-12)10(8)15(17)18/h3-5,7,14H,6,12H2,1-2H3,(H,13,16). The highest BCUT2D eigenvalue weighted by molar-refractivity contribution is 6.00. The molecule has 1 unspecified atom stereocenters. The van der Waals surface area contributed by atoms with Gasteiger partial charge in [0, 0.05) is 13.2 Å². The van der Waals surface area contributed by atoms with Gasteiger partial charge in [-0.25, -0.2) is 0 Å². The number of nitrogen functional groups attached to an aromatic ring is 1. The Morgan fingerprint density at radius 1 is 1.58 bits per heavy atom. The molecule has 104 valence electrons. The van der Waals surface area contributed by atoms with Crippen LogP contribution in [0.4, 0.5) is 11.4 Å². The van der Waals surface area contributed by atoms with E-state index in [1.165, 1.54) is 25.3 Å². The number of methoxy groups -OCH3 is 1. The first-order valence-electron chi connectivity index (χ1n) is 5.55. The maximum Gasteiger partial charge on any atom is 0.306 e. The van der Waals surface area contributed by atoms with E-state index in [0.29, 0.717) is 6.61 Å². The highest BCUT2D eigenvalue weighted by Crippen LogP contribution is 2.27. The molecular formula is C11H16N4O4. The molecule has 1 amide bonds. The van der Waals surface area contributed by atoms with Crippen LogP contribution in [0.25, 0.3) is 0 Å². The van der Waals surface area contributed by atoms with E-state index < -0.39 is 10.8 Å². The van der Waals surface area contributed by atoms with E-state index in [1.807, 2.05) is 0 Å². The van der Waals surface area contributed by atoms with Gasteiger partial charge >= 0.3 is 5.69 Å². The average molecular weight is 268 g/mol. The number of carbonyl (C=O) groups excluding carboxylic acids is 1. The van der Waals surface area contributed by atoms with Crippen LogP contribution in [0.2, 0.25) is 0 Å². The second kappa shape index (κ2) is 6.66. The molecule has 1 aromatic rings. The summed E-state index contributed by atoms with van der Waals surface area (Å²) in [6.45, 7) is 2.05. The van der Waals surface area contributed by atoms with Gasteiger partial charge in [0.15, 0.2) is 0 Å². The van der Waals surface area contributed by atoms with E-state index >= 15 is 0 Å². The first kappa shape index (κ1) is 14.9. The molecule has 8 nitrogen and oxygen atoms in total. The molecule has 0 bridgehead atoms. The fraction of sp³-hybridized carbons (Fsp3) is 0.364. The molecule has 0 aromatic heterocycles. The van der Waals surface area contributed by atoms with Crippen LogP contribution in [0.3, 0.4) is 0 Å². The lowest BCUT2D eigenvalue weighted by molar-refractivity contribution is -0.384. The van der Waals surface area contributed by atoms with Crippen molar-refractivity contribution in [3.8, 4) is 0 Å². The van der Waals surface area contributed by atoms with Gasteiger partial charge in [0.2, 0.25) is 0 Å². The number of nitro groups is 1. The maximum atomic E-state index is 12.0. The number of para-hydroxylation sites is 1. The molecule has 19 heavy (non-hydrogen) atoms. The summed E-state index contributed by atoms with van der Waals surface area (Å²) in [7, 11) is 1.50. The molecule has 0 spiro atoms. The molecule has 1 rings (SSSR count). The summed E-state index contributed by atoms with van der Waals surface area (Å²) >= 11 is 0. The molecule has 1 aromatic carbocycles. The number of ether oxygens (including phenoxy) is 1. The Morgan fingerprint density at radius 2 is 2.26 bits per heavy atom. The number of nitrogens with zero attached hydrogens (tertiary/aromatic N) is 1. The molecule has 4 N–H and O–H groups in total. The zero-order valence-corrected chi connectivity index (χ0v) is 10.7. The number of nitrogens with one attached hydrogen (secondary N) is 2. The molecule has 0 heterocycles. The van der Waals surface area contributed by atoms with Crippen LogP contribution < -0.4 is 16.6 Å². The van der Waals surface area contributed by atoms with Crippen molar-refractivity contribution in [2.24, 2.45) is 5.84 Å². The van der Waals surface area contributed by atoms with Gasteiger partial charge in [-0.1, -0.05) is 6.07 Å². The molecular weight excluding hydrogens is 252 g/mol. The number of hydrogen-bond acceptors (Lipinski definition) is 6. The Balaban J connectivity index is 3.06. The van der Waals surface area contributed by atoms with Crippen molar-refractivity contribution >= 4 is 17.3 Å². The van der Waals surface area contributed by atoms with Crippen LogP contribution in [0.5, 0.6) is 0 Å². The van der Waals surface area contributed by atoms with Gasteiger partial charge in [-0.15, -0.1) is 0 Å². The normalized spacial score (nSPS) is 11.7. The molecule has 0 aliphatic rings. The van der Waals surface area contributed by atoms with Gasteiger partial charge in [0.25, 0.3) is 5.91 Å². The number of nitro benzene ring substituents is 1. The second-order valence-electron chi connectivity index (χ2n) is 3.93. The van der Waals surface area contributed by atoms with Crippen LogP contribution in [-0.2, 0) is 4.74 Å². The summed E-state index contributed by atoms with van der Waals surface area (Å²) < 4.78 is 4.88. The lowest BCUT2D eigenvalue weighted by atomic mass is 10.1. The molecule has 0 saturated carbocycles. The topological polar surface area (TPSA) is 120 Å². The van der Waals surface area contributed by atoms with E-state index in [0.717, 1.165) is 0 Å². The van der Waals surface area contributed by atoms with Gasteiger partial charge in [-0.3, -0.25) is 20.8 Å². The number of rotatable bonds is 6. The minimum Gasteiger partial charge on any atom is -0.383 e. The first-order valence-corrected chi connectivity index (χ1v) is 5.55. The van der Waals surface area contributed by atoms with Gasteiger partial charge in [0.05, 0.1) is 11.5 Å². The van der Waals surface area contributed by atoms with Crippen molar-refractivity contribution in [3.63, 3.8) is 0 Å². The lowest BCUT2D eigenvalue weighted by Crippen LogP contribution is -2.36. The first-order chi connectivity index (χ1) is 9.01. The number of nitrogens with two attached hydrogens (primary N) is 1. The summed E-state index contributed by atoms with van der Waals surface area (Å²) in [5.74, 6) is 4.65. The third kappa shape index (κ3) is 3.63. The fourth-order valence-corrected chi connectivity index (χ4v) is 1.63. The van der Waals surface area contributed by atoms with Gasteiger partial charge in [-0.2, -0.15) is 0 Å². The smallest absolute Gasteiger partial charge is 0.306 e. The highest BCUT2D eigenvalue weighted by Gasteiger charge is 2.24. The number of hydrogen-bond donors (Lipinski definition) is 3. The summed E-state index contributed by atoms with van der Waals surface area (Å²) in [6.07, 6.45) is 0. The van der Waals surface area contributed by atoms with Crippen LogP contribution in [0, 0.1) is 10.1 Å². The summed E-state index contributed by atoms with van der Waals surface area (Å²) in [5, 5.41) is 13.6. The Morgan fingerprint density at radius 3 is 2.79 bits per heavy atom. The van der Waals surface area contributed by atoms with Crippen molar-refractivity contribution in [1.82, 2.24) is 5.32 Å². The molecule has 0 aliphatic carbocycles. The number of carbonyl (C=O) groups is 1. The van der Waals surface area contributed by atoms with Crippen molar-refractivity contribution in [2.75, 3.05) is 19.1 Å². The van der Waals surface area contributed by atoms with Crippen molar-refractivity contribution < 1.29 is 14.5 Å². The van der Waals surface area contributed by atoms with Gasteiger partial charge < -0.3 is 15.5 Å². The van der Waals surface area contributed by atoms with Crippen LogP contribution >= 0.6 is 0 Å². The molecule has 8 heteroatoms. The molecule has 0 saturated heterocycles. The Bertz CT molecular complexity index is 478. The van der Waals surface area contributed by atoms with Crippen LogP contribution in [0.1, 0.15) is 17.3 Å². The fourth-order valence-electron chi connectivity index (χ4n) is 1.63. The van der Waals surface area contributed by atoms with Crippen LogP contribution in [0.15, 0.2) is 18.2 Å². The minimum atomic E-state index is -0.648.